The Hall–Kier alpha value is -3.49. The van der Waals surface area contributed by atoms with Crippen LogP contribution in [0.4, 0.5) is 0 Å². The van der Waals surface area contributed by atoms with Gasteiger partial charge in [-0.1, -0.05) is 58.0 Å². The van der Waals surface area contributed by atoms with E-state index in [4.69, 9.17) is 4.98 Å². The monoisotopic (exact) mass is 597 g/mol. The second-order valence-corrected chi connectivity index (χ2v) is 13.8. The molecule has 0 spiro atoms. The van der Waals surface area contributed by atoms with E-state index < -0.39 is 0 Å². The van der Waals surface area contributed by atoms with Crippen molar-refractivity contribution in [1.29, 1.82) is 0 Å². The van der Waals surface area contributed by atoms with Gasteiger partial charge >= 0.3 is 0 Å². The maximum Gasteiger partial charge on any atom is 0.277 e. The van der Waals surface area contributed by atoms with Gasteiger partial charge in [-0.3, -0.25) is 14.5 Å². The third-order valence-electron chi connectivity index (χ3n) is 8.81. The van der Waals surface area contributed by atoms with Gasteiger partial charge in [-0.05, 0) is 72.7 Å². The van der Waals surface area contributed by atoms with Gasteiger partial charge in [0, 0.05) is 44.3 Å². The molecule has 1 aliphatic heterocycles. The van der Waals surface area contributed by atoms with Gasteiger partial charge in [-0.15, -0.1) is 11.3 Å². The minimum Gasteiger partial charge on any atom is -0.339 e. The smallest absolute Gasteiger partial charge is 0.277 e. The SMILES string of the molecule is CC(C)CCN(CCC(C)C)C(=O)c1ccc2c(c1)n(C1CCN(Cc3ccccc3)CC1)c1nc3ccsc3c(=O)n21. The number of piperidine rings is 1. The summed E-state index contributed by atoms with van der Waals surface area (Å²) in [6, 6.07) is 18.6. The molecule has 8 heteroatoms. The fourth-order valence-corrected chi connectivity index (χ4v) is 7.05. The van der Waals surface area contributed by atoms with Gasteiger partial charge in [-0.2, -0.15) is 0 Å². The van der Waals surface area contributed by atoms with Gasteiger partial charge in [-0.25, -0.2) is 9.38 Å². The van der Waals surface area contributed by atoms with Crippen molar-refractivity contribution in [2.45, 2.75) is 66.0 Å². The van der Waals surface area contributed by atoms with E-state index in [9.17, 15) is 9.59 Å². The number of thiophene rings is 1. The lowest BCUT2D eigenvalue weighted by Gasteiger charge is -2.33. The van der Waals surface area contributed by atoms with Crippen molar-refractivity contribution < 1.29 is 4.79 Å². The summed E-state index contributed by atoms with van der Waals surface area (Å²) in [5.74, 6) is 1.80. The third kappa shape index (κ3) is 6.13. The Labute approximate surface area is 257 Å². The first-order valence-corrected chi connectivity index (χ1v) is 16.7. The normalized spacial score (nSPS) is 15.0. The highest BCUT2D eigenvalue weighted by Gasteiger charge is 2.27. The minimum absolute atomic E-state index is 0.0326. The van der Waals surface area contributed by atoms with Crippen LogP contribution < -0.4 is 5.56 Å². The number of carbonyl (C=O) groups is 1. The van der Waals surface area contributed by atoms with Crippen molar-refractivity contribution in [3.8, 4) is 0 Å². The second-order valence-electron chi connectivity index (χ2n) is 12.9. The van der Waals surface area contributed by atoms with Crippen LogP contribution in [0.15, 0.2) is 64.8 Å². The fourth-order valence-electron chi connectivity index (χ4n) is 6.29. The van der Waals surface area contributed by atoms with Gasteiger partial charge in [0.15, 0.2) is 0 Å². The molecule has 43 heavy (non-hydrogen) atoms. The van der Waals surface area contributed by atoms with Crippen LogP contribution in [0, 0.1) is 11.8 Å². The third-order valence-corrected chi connectivity index (χ3v) is 9.70. The van der Waals surface area contributed by atoms with Gasteiger partial charge in [0.25, 0.3) is 11.5 Å². The number of fused-ring (bicyclic) bond motifs is 4. The van der Waals surface area contributed by atoms with Crippen molar-refractivity contribution >= 4 is 44.3 Å². The molecule has 0 unspecified atom stereocenters. The largest absolute Gasteiger partial charge is 0.339 e. The molecule has 1 aliphatic rings. The summed E-state index contributed by atoms with van der Waals surface area (Å²) in [6.07, 6.45) is 3.86. The first-order valence-electron chi connectivity index (χ1n) is 15.8. The van der Waals surface area contributed by atoms with E-state index in [2.05, 4.69) is 67.5 Å². The molecular formula is C35H43N5O2S. The van der Waals surface area contributed by atoms with Crippen LogP contribution in [-0.2, 0) is 6.54 Å². The van der Waals surface area contributed by atoms with E-state index in [1.807, 2.05) is 34.5 Å². The number of hydrogen-bond acceptors (Lipinski definition) is 5. The van der Waals surface area contributed by atoms with E-state index >= 15 is 0 Å². The van der Waals surface area contributed by atoms with E-state index in [0.717, 1.165) is 75.0 Å². The average molecular weight is 598 g/mol. The lowest BCUT2D eigenvalue weighted by molar-refractivity contribution is 0.0741. The Bertz CT molecular complexity index is 1760. The van der Waals surface area contributed by atoms with Crippen LogP contribution in [-0.4, -0.2) is 55.8 Å². The Morgan fingerprint density at radius 1 is 0.953 bits per heavy atom. The Kier molecular flexibility index (Phi) is 8.68. The number of nitrogens with zero attached hydrogens (tertiary/aromatic N) is 5. The summed E-state index contributed by atoms with van der Waals surface area (Å²) >= 11 is 1.44. The summed E-state index contributed by atoms with van der Waals surface area (Å²) < 4.78 is 4.70. The van der Waals surface area contributed by atoms with Gasteiger partial charge in [0.1, 0.15) is 4.70 Å². The van der Waals surface area contributed by atoms with Gasteiger partial charge in [0.05, 0.1) is 16.6 Å². The Balaban J connectivity index is 1.39. The molecule has 6 rings (SSSR count). The molecule has 4 heterocycles. The molecule has 1 amide bonds. The quantitative estimate of drug-likeness (QED) is 0.170. The highest BCUT2D eigenvalue weighted by Crippen LogP contribution is 2.32. The Morgan fingerprint density at radius 3 is 2.33 bits per heavy atom. The number of imidazole rings is 1. The van der Waals surface area contributed by atoms with Crippen molar-refractivity contribution in [2.75, 3.05) is 26.2 Å². The van der Waals surface area contributed by atoms with Crippen molar-refractivity contribution in [3.63, 3.8) is 0 Å². The van der Waals surface area contributed by atoms with E-state index in [-0.39, 0.29) is 17.5 Å². The zero-order valence-corrected chi connectivity index (χ0v) is 26.6. The molecule has 3 aromatic heterocycles. The fraction of sp³-hybridized carbons (Fsp3) is 0.457. The van der Waals surface area contributed by atoms with Crippen LogP contribution >= 0.6 is 11.3 Å². The number of carbonyl (C=O) groups excluding carboxylic acids is 1. The molecular weight excluding hydrogens is 554 g/mol. The van der Waals surface area contributed by atoms with E-state index in [1.165, 1.54) is 16.9 Å². The number of amides is 1. The highest BCUT2D eigenvalue weighted by molar-refractivity contribution is 7.17. The highest BCUT2D eigenvalue weighted by atomic mass is 32.1. The van der Waals surface area contributed by atoms with Crippen molar-refractivity contribution in [2.24, 2.45) is 11.8 Å². The van der Waals surface area contributed by atoms with Gasteiger partial charge < -0.3 is 9.47 Å². The molecule has 0 radical (unpaired) electrons. The molecule has 2 aromatic carbocycles. The molecule has 1 fully saturated rings. The Morgan fingerprint density at radius 2 is 1.65 bits per heavy atom. The lowest BCUT2D eigenvalue weighted by atomic mass is 10.0. The first kappa shape index (κ1) is 29.6. The molecule has 0 atom stereocenters. The number of rotatable bonds is 10. The standard InChI is InChI=1S/C35H43N5O2S/c1-24(2)12-19-38(20-13-25(3)4)33(41)27-10-11-30-31(22-27)39(35-36-29-16-21-43-32(29)34(42)40(30)35)28-14-17-37(18-15-28)23-26-8-6-5-7-9-26/h5-11,16,21-22,24-25,28H,12-15,17-20,23H2,1-4H3. The predicted molar refractivity (Wildman–Crippen MR) is 177 cm³/mol. The van der Waals surface area contributed by atoms with E-state index in [0.29, 0.717) is 27.9 Å². The number of hydrogen-bond donors (Lipinski definition) is 0. The summed E-state index contributed by atoms with van der Waals surface area (Å²) in [4.78, 5) is 37.3. The topological polar surface area (TPSA) is 62.9 Å². The van der Waals surface area contributed by atoms with Crippen LogP contribution in [0.25, 0.3) is 27.0 Å². The lowest BCUT2D eigenvalue weighted by Crippen LogP contribution is -2.34. The maximum atomic E-state index is 14.0. The molecule has 0 saturated carbocycles. The molecule has 0 N–H and O–H groups in total. The zero-order valence-electron chi connectivity index (χ0n) is 25.8. The summed E-state index contributed by atoms with van der Waals surface area (Å²) in [5, 5.41) is 1.94. The van der Waals surface area contributed by atoms with Crippen LogP contribution in [0.5, 0.6) is 0 Å². The van der Waals surface area contributed by atoms with Crippen LogP contribution in [0.2, 0.25) is 0 Å². The summed E-state index contributed by atoms with van der Waals surface area (Å²) in [7, 11) is 0. The van der Waals surface area contributed by atoms with Gasteiger partial charge in [0.2, 0.25) is 5.78 Å². The molecule has 0 bridgehead atoms. The number of benzene rings is 2. The minimum atomic E-state index is -0.0326. The van der Waals surface area contributed by atoms with E-state index in [1.54, 1.807) is 4.40 Å². The molecule has 0 aliphatic carbocycles. The summed E-state index contributed by atoms with van der Waals surface area (Å²) in [5.41, 5.74) is 4.46. The number of aromatic nitrogens is 3. The second kappa shape index (κ2) is 12.6. The zero-order chi connectivity index (χ0) is 30.1. The van der Waals surface area contributed by atoms with Crippen molar-refractivity contribution in [1.82, 2.24) is 23.8 Å². The number of likely N-dealkylation sites (tertiary alicyclic amines) is 1. The molecule has 1 saturated heterocycles. The van der Waals surface area contributed by atoms with Crippen molar-refractivity contribution in [3.05, 3.63) is 81.5 Å². The van der Waals surface area contributed by atoms with Crippen LogP contribution in [0.3, 0.4) is 0 Å². The first-order chi connectivity index (χ1) is 20.8. The maximum absolute atomic E-state index is 14.0. The summed E-state index contributed by atoms with van der Waals surface area (Å²) in [6.45, 7) is 13.2. The molecule has 7 nitrogen and oxygen atoms in total. The average Bonchev–Trinajstić information content (AvgIpc) is 3.60. The predicted octanol–water partition coefficient (Wildman–Crippen LogP) is 7.24. The van der Waals surface area contributed by atoms with Crippen LogP contribution in [0.1, 0.15) is 75.3 Å². The molecule has 226 valence electrons. The molecule has 5 aromatic rings.